The maximum atomic E-state index is 12.9. The van der Waals surface area contributed by atoms with Crippen molar-refractivity contribution in [3.8, 4) is 23.0 Å². The van der Waals surface area contributed by atoms with Crippen LogP contribution in [0.1, 0.15) is 28.2 Å². The maximum Gasteiger partial charge on any atom is 0.419 e. The Morgan fingerprint density at radius 3 is 2.34 bits per heavy atom. The summed E-state index contributed by atoms with van der Waals surface area (Å²) in [5.41, 5.74) is 3.41. The standard InChI is InChI=1S/C24H16ClF3N2O2/c25-22-21(24(26,27)28)12-15(13-30-22)6-5-11-29-23(31)32-14-20-18-9-3-1-7-16(18)17-8-2-4-10-19(17)20/h1-4,7-10,12-13,20H,11,14H2,(H,29,31). The van der Waals surface area contributed by atoms with Gasteiger partial charge in [0.05, 0.1) is 12.1 Å². The number of carbonyl (C=O) groups excluding carboxylic acids is 1. The molecular weight excluding hydrogens is 441 g/mol. The lowest BCUT2D eigenvalue weighted by molar-refractivity contribution is -0.137. The first-order valence-electron chi connectivity index (χ1n) is 9.65. The number of ether oxygens (including phenoxy) is 1. The maximum absolute atomic E-state index is 12.9. The first kappa shape index (κ1) is 21.7. The average molecular weight is 457 g/mol. The highest BCUT2D eigenvalue weighted by Gasteiger charge is 2.34. The first-order valence-corrected chi connectivity index (χ1v) is 10.0. The zero-order chi connectivity index (χ0) is 22.7. The molecule has 0 fully saturated rings. The molecule has 0 saturated carbocycles. The van der Waals surface area contributed by atoms with Gasteiger partial charge in [0, 0.05) is 17.7 Å². The number of alkyl carbamates (subject to hydrolysis) is 1. The van der Waals surface area contributed by atoms with E-state index >= 15 is 0 Å². The van der Waals surface area contributed by atoms with Crippen LogP contribution in [0.25, 0.3) is 11.1 Å². The second-order valence-electron chi connectivity index (χ2n) is 7.04. The molecule has 1 aliphatic rings. The van der Waals surface area contributed by atoms with E-state index in [4.69, 9.17) is 16.3 Å². The zero-order valence-corrected chi connectivity index (χ0v) is 17.3. The van der Waals surface area contributed by atoms with E-state index in [0.717, 1.165) is 34.5 Å². The molecule has 32 heavy (non-hydrogen) atoms. The molecule has 8 heteroatoms. The summed E-state index contributed by atoms with van der Waals surface area (Å²) in [6.07, 6.45) is -4.15. The van der Waals surface area contributed by atoms with Crippen LogP contribution in [0.5, 0.6) is 0 Å². The average Bonchev–Trinajstić information content (AvgIpc) is 3.09. The summed E-state index contributed by atoms with van der Waals surface area (Å²) in [4.78, 5) is 15.6. The number of nitrogens with one attached hydrogen (secondary N) is 1. The monoisotopic (exact) mass is 456 g/mol. The Hall–Kier alpha value is -3.50. The van der Waals surface area contributed by atoms with Crippen molar-refractivity contribution in [3.05, 3.63) is 88.2 Å². The predicted octanol–water partition coefficient (Wildman–Crippen LogP) is 5.64. The largest absolute Gasteiger partial charge is 0.449 e. The Labute approximate surface area is 187 Å². The zero-order valence-electron chi connectivity index (χ0n) is 16.5. The highest BCUT2D eigenvalue weighted by molar-refractivity contribution is 6.30. The lowest BCUT2D eigenvalue weighted by Gasteiger charge is -2.14. The molecule has 1 amide bonds. The quantitative estimate of drug-likeness (QED) is 0.409. The molecule has 0 spiro atoms. The van der Waals surface area contributed by atoms with Crippen molar-refractivity contribution >= 4 is 17.7 Å². The number of fused-ring (bicyclic) bond motifs is 3. The van der Waals surface area contributed by atoms with Crippen molar-refractivity contribution in [2.45, 2.75) is 12.1 Å². The van der Waals surface area contributed by atoms with Crippen LogP contribution >= 0.6 is 11.6 Å². The number of hydrogen-bond donors (Lipinski definition) is 1. The van der Waals surface area contributed by atoms with Crippen molar-refractivity contribution in [1.82, 2.24) is 10.3 Å². The fourth-order valence-corrected chi connectivity index (χ4v) is 3.84. The van der Waals surface area contributed by atoms with Crippen LogP contribution in [0.15, 0.2) is 60.8 Å². The highest BCUT2D eigenvalue weighted by atomic mass is 35.5. The summed E-state index contributed by atoms with van der Waals surface area (Å²) >= 11 is 5.48. The number of nitrogens with zero attached hydrogens (tertiary/aromatic N) is 1. The van der Waals surface area contributed by atoms with Crippen LogP contribution < -0.4 is 5.32 Å². The van der Waals surface area contributed by atoms with Gasteiger partial charge in [-0.3, -0.25) is 0 Å². The normalized spacial score (nSPS) is 12.4. The van der Waals surface area contributed by atoms with Gasteiger partial charge in [0.2, 0.25) is 0 Å². The third-order valence-corrected chi connectivity index (χ3v) is 5.34. The second-order valence-corrected chi connectivity index (χ2v) is 7.40. The molecule has 0 bridgehead atoms. The van der Waals surface area contributed by atoms with E-state index in [0.29, 0.717) is 0 Å². The molecule has 4 nitrogen and oxygen atoms in total. The molecule has 0 aliphatic heterocycles. The molecule has 2 aromatic carbocycles. The summed E-state index contributed by atoms with van der Waals surface area (Å²) in [7, 11) is 0. The molecule has 1 aliphatic carbocycles. The van der Waals surface area contributed by atoms with Gasteiger partial charge in [0.15, 0.2) is 0 Å². The lowest BCUT2D eigenvalue weighted by Crippen LogP contribution is -2.26. The third kappa shape index (κ3) is 4.56. The van der Waals surface area contributed by atoms with Crippen molar-refractivity contribution in [3.63, 3.8) is 0 Å². The molecule has 1 N–H and O–H groups in total. The number of alkyl halides is 3. The van der Waals surface area contributed by atoms with E-state index in [2.05, 4.69) is 22.1 Å². The minimum atomic E-state index is -4.62. The Kier molecular flexibility index (Phi) is 6.06. The smallest absolute Gasteiger partial charge is 0.419 e. The van der Waals surface area contributed by atoms with Gasteiger partial charge >= 0.3 is 12.3 Å². The number of rotatable bonds is 3. The number of benzene rings is 2. The van der Waals surface area contributed by atoms with Crippen LogP contribution in [0, 0.1) is 11.8 Å². The molecule has 3 aromatic rings. The number of amides is 1. The fourth-order valence-electron chi connectivity index (χ4n) is 3.63. The van der Waals surface area contributed by atoms with Crippen molar-refractivity contribution in [2.24, 2.45) is 0 Å². The van der Waals surface area contributed by atoms with E-state index < -0.39 is 23.0 Å². The van der Waals surface area contributed by atoms with Gasteiger partial charge < -0.3 is 10.1 Å². The van der Waals surface area contributed by atoms with Crippen LogP contribution in [-0.2, 0) is 10.9 Å². The molecule has 162 valence electrons. The van der Waals surface area contributed by atoms with E-state index in [1.807, 2.05) is 48.5 Å². The number of pyridine rings is 1. The molecule has 4 rings (SSSR count). The molecule has 0 saturated heterocycles. The van der Waals surface area contributed by atoms with Gasteiger partial charge in [-0.15, -0.1) is 0 Å². The van der Waals surface area contributed by atoms with Gasteiger partial charge in [0.25, 0.3) is 0 Å². The third-order valence-electron chi connectivity index (χ3n) is 5.04. The minimum absolute atomic E-state index is 0.0380. The van der Waals surface area contributed by atoms with Crippen molar-refractivity contribution in [1.29, 1.82) is 0 Å². The van der Waals surface area contributed by atoms with Crippen molar-refractivity contribution < 1.29 is 22.7 Å². The molecule has 1 heterocycles. The summed E-state index contributed by atoms with van der Waals surface area (Å²) < 4.78 is 44.0. The second kappa shape index (κ2) is 8.93. The Bertz CT molecular complexity index is 1190. The summed E-state index contributed by atoms with van der Waals surface area (Å²) in [5.74, 6) is 5.03. The molecule has 0 unspecified atom stereocenters. The van der Waals surface area contributed by atoms with Crippen LogP contribution in [0.4, 0.5) is 18.0 Å². The van der Waals surface area contributed by atoms with Gasteiger partial charge in [-0.25, -0.2) is 9.78 Å². The van der Waals surface area contributed by atoms with E-state index in [9.17, 15) is 18.0 Å². The topological polar surface area (TPSA) is 51.2 Å². The van der Waals surface area contributed by atoms with Crippen molar-refractivity contribution in [2.75, 3.05) is 13.2 Å². The number of aromatic nitrogens is 1. The van der Waals surface area contributed by atoms with Gasteiger partial charge in [-0.1, -0.05) is 72.0 Å². The highest BCUT2D eigenvalue weighted by Crippen LogP contribution is 2.44. The fraction of sp³-hybridized carbons (Fsp3) is 0.167. The van der Waals surface area contributed by atoms with Crippen LogP contribution in [0.2, 0.25) is 5.15 Å². The lowest BCUT2D eigenvalue weighted by atomic mass is 9.98. The summed E-state index contributed by atoms with van der Waals surface area (Å²) in [6, 6.07) is 16.8. The summed E-state index contributed by atoms with van der Waals surface area (Å²) in [6.45, 7) is 0.0595. The number of halogens is 4. The Morgan fingerprint density at radius 1 is 1.09 bits per heavy atom. The van der Waals surface area contributed by atoms with Crippen LogP contribution in [0.3, 0.4) is 0 Å². The first-order chi connectivity index (χ1) is 15.3. The summed E-state index contributed by atoms with van der Waals surface area (Å²) in [5, 5.41) is 1.84. The molecule has 0 atom stereocenters. The SMILES string of the molecule is O=C(NCC#Cc1cnc(Cl)c(C(F)(F)F)c1)OCC1c2ccccc2-c2ccccc21. The van der Waals surface area contributed by atoms with Gasteiger partial charge in [-0.2, -0.15) is 13.2 Å². The molecule has 1 aromatic heterocycles. The molecule has 0 radical (unpaired) electrons. The van der Waals surface area contributed by atoms with E-state index in [1.165, 1.54) is 0 Å². The Morgan fingerprint density at radius 2 is 1.72 bits per heavy atom. The van der Waals surface area contributed by atoms with E-state index in [-0.39, 0.29) is 24.6 Å². The minimum Gasteiger partial charge on any atom is -0.449 e. The number of carbonyl (C=O) groups is 1. The van der Waals surface area contributed by atoms with Crippen LogP contribution in [-0.4, -0.2) is 24.2 Å². The molecular formula is C24H16ClF3N2O2. The Balaban J connectivity index is 1.35. The van der Waals surface area contributed by atoms with Gasteiger partial charge in [0.1, 0.15) is 11.8 Å². The predicted molar refractivity (Wildman–Crippen MR) is 114 cm³/mol. The number of hydrogen-bond acceptors (Lipinski definition) is 3. The van der Waals surface area contributed by atoms with E-state index in [1.54, 1.807) is 0 Å². The van der Waals surface area contributed by atoms with Gasteiger partial charge in [-0.05, 0) is 28.3 Å².